The minimum absolute atomic E-state index is 0.0944. The number of anilines is 1. The van der Waals surface area contributed by atoms with E-state index in [1.54, 1.807) is 12.3 Å². The van der Waals surface area contributed by atoms with Gasteiger partial charge >= 0.3 is 0 Å². The van der Waals surface area contributed by atoms with Gasteiger partial charge in [0.05, 0.1) is 11.8 Å². The highest BCUT2D eigenvalue weighted by atomic mass is 79.9. The lowest BCUT2D eigenvalue weighted by molar-refractivity contribution is 0.120. The van der Waals surface area contributed by atoms with Gasteiger partial charge in [-0.3, -0.25) is 9.20 Å². The van der Waals surface area contributed by atoms with Gasteiger partial charge in [-0.05, 0) is 40.9 Å². The minimum atomic E-state index is -0.0944. The third-order valence-electron chi connectivity index (χ3n) is 3.93. The fraction of sp³-hybridized carbons (Fsp3) is 0.375. The van der Waals surface area contributed by atoms with Gasteiger partial charge < -0.3 is 10.1 Å². The molecule has 10 heteroatoms. The largest absolute Gasteiger partial charge is 0.376 e. The minimum Gasteiger partial charge on any atom is -0.376 e. The van der Waals surface area contributed by atoms with E-state index in [2.05, 4.69) is 36.4 Å². The zero-order valence-electron chi connectivity index (χ0n) is 13.7. The molecule has 136 valence electrons. The van der Waals surface area contributed by atoms with Gasteiger partial charge in [-0.2, -0.15) is 0 Å². The van der Waals surface area contributed by atoms with E-state index in [9.17, 15) is 4.79 Å². The Hall–Kier alpha value is -1.49. The van der Waals surface area contributed by atoms with Crippen LogP contribution in [-0.2, 0) is 10.5 Å². The molecule has 0 amide bonds. The van der Waals surface area contributed by atoms with E-state index in [-0.39, 0.29) is 11.7 Å². The van der Waals surface area contributed by atoms with Gasteiger partial charge in [-0.1, -0.05) is 23.1 Å². The van der Waals surface area contributed by atoms with Crippen molar-refractivity contribution < 1.29 is 4.74 Å². The molecular formula is C16H16BrN5O2S2. The molecule has 1 fully saturated rings. The van der Waals surface area contributed by atoms with Gasteiger partial charge in [0.25, 0.3) is 5.56 Å². The first-order valence-electron chi connectivity index (χ1n) is 8.17. The molecule has 1 aliphatic rings. The Balaban J connectivity index is 1.38. The van der Waals surface area contributed by atoms with Crippen LogP contribution in [0.15, 0.2) is 38.0 Å². The van der Waals surface area contributed by atoms with Gasteiger partial charge in [0.2, 0.25) is 5.13 Å². The van der Waals surface area contributed by atoms with Crippen molar-refractivity contribution in [3.05, 3.63) is 44.9 Å². The number of hydrogen-bond acceptors (Lipinski definition) is 8. The van der Waals surface area contributed by atoms with Crippen LogP contribution in [-0.4, -0.2) is 38.8 Å². The van der Waals surface area contributed by atoms with Gasteiger partial charge in [-0.15, -0.1) is 10.2 Å². The Kier molecular flexibility index (Phi) is 5.53. The number of thioether (sulfide) groups is 1. The Bertz CT molecular complexity index is 971. The van der Waals surface area contributed by atoms with Gasteiger partial charge in [0.1, 0.15) is 5.65 Å². The summed E-state index contributed by atoms with van der Waals surface area (Å²) in [4.78, 5) is 16.8. The molecule has 3 aromatic rings. The van der Waals surface area contributed by atoms with Gasteiger partial charge in [-0.25, -0.2) is 4.98 Å². The van der Waals surface area contributed by atoms with E-state index in [1.807, 2.05) is 12.1 Å². The lowest BCUT2D eigenvalue weighted by Gasteiger charge is -2.08. The summed E-state index contributed by atoms with van der Waals surface area (Å²) >= 11 is 6.39. The quantitative estimate of drug-likeness (QED) is 0.573. The van der Waals surface area contributed by atoms with Crippen LogP contribution in [0.5, 0.6) is 0 Å². The molecule has 1 saturated heterocycles. The summed E-state index contributed by atoms with van der Waals surface area (Å²) in [5, 5.41) is 12.4. The molecule has 1 aliphatic heterocycles. The Labute approximate surface area is 166 Å². The second kappa shape index (κ2) is 8.03. The van der Waals surface area contributed by atoms with Crippen molar-refractivity contribution in [1.29, 1.82) is 0 Å². The highest BCUT2D eigenvalue weighted by Crippen LogP contribution is 2.28. The first-order chi connectivity index (χ1) is 12.7. The standard InChI is InChI=1S/C16H16BrN5O2S2/c17-10-3-4-13-19-11(6-14(23)22(13)8-10)9-25-16-21-20-15(26-16)18-7-12-2-1-5-24-12/h3-4,6,8,12H,1-2,5,7,9H2,(H,18,20). The van der Waals surface area contributed by atoms with Crippen molar-refractivity contribution in [2.75, 3.05) is 18.5 Å². The first-order valence-corrected chi connectivity index (χ1v) is 10.8. The molecule has 0 radical (unpaired) electrons. The van der Waals surface area contributed by atoms with E-state index < -0.39 is 0 Å². The van der Waals surface area contributed by atoms with E-state index >= 15 is 0 Å². The maximum absolute atomic E-state index is 12.2. The predicted octanol–water partition coefficient (Wildman–Crippen LogP) is 3.19. The average molecular weight is 454 g/mol. The smallest absolute Gasteiger partial charge is 0.258 e. The van der Waals surface area contributed by atoms with E-state index in [0.717, 1.165) is 45.6 Å². The van der Waals surface area contributed by atoms with E-state index in [0.29, 0.717) is 11.4 Å². The van der Waals surface area contributed by atoms with Crippen molar-refractivity contribution in [2.45, 2.75) is 29.0 Å². The van der Waals surface area contributed by atoms with E-state index in [1.165, 1.54) is 27.5 Å². The number of hydrogen-bond donors (Lipinski definition) is 1. The lowest BCUT2D eigenvalue weighted by atomic mass is 10.2. The molecule has 0 bridgehead atoms. The summed E-state index contributed by atoms with van der Waals surface area (Å²) in [6, 6.07) is 5.25. The SMILES string of the molecule is O=c1cc(CSc2nnc(NCC3CCCO3)s2)nc2ccc(Br)cn12. The number of aromatic nitrogens is 4. The second-order valence-corrected chi connectivity index (χ2v) is 8.95. The molecule has 0 spiro atoms. The molecule has 3 aromatic heterocycles. The van der Waals surface area contributed by atoms with Crippen LogP contribution in [0.3, 0.4) is 0 Å². The fourth-order valence-electron chi connectivity index (χ4n) is 2.68. The summed E-state index contributed by atoms with van der Waals surface area (Å²) in [5.41, 5.74) is 1.27. The van der Waals surface area contributed by atoms with Crippen molar-refractivity contribution in [3.63, 3.8) is 0 Å². The van der Waals surface area contributed by atoms with Gasteiger partial charge in [0, 0.05) is 35.6 Å². The fourth-order valence-corrected chi connectivity index (χ4v) is 4.67. The molecule has 4 heterocycles. The third kappa shape index (κ3) is 4.25. The topological polar surface area (TPSA) is 81.4 Å². The van der Waals surface area contributed by atoms with Crippen LogP contribution < -0.4 is 10.9 Å². The second-order valence-electron chi connectivity index (χ2n) is 5.84. The van der Waals surface area contributed by atoms with Crippen LogP contribution in [0.1, 0.15) is 18.5 Å². The summed E-state index contributed by atoms with van der Waals surface area (Å²) < 4.78 is 8.80. The molecule has 0 saturated carbocycles. The molecule has 7 nitrogen and oxygen atoms in total. The summed E-state index contributed by atoms with van der Waals surface area (Å²) in [7, 11) is 0. The highest BCUT2D eigenvalue weighted by molar-refractivity contribution is 9.10. The normalized spacial score (nSPS) is 17.0. The molecule has 0 aromatic carbocycles. The molecule has 26 heavy (non-hydrogen) atoms. The zero-order valence-corrected chi connectivity index (χ0v) is 16.9. The first kappa shape index (κ1) is 17.9. The summed E-state index contributed by atoms with van der Waals surface area (Å²) in [6.45, 7) is 1.61. The lowest BCUT2D eigenvalue weighted by Crippen LogP contribution is -2.18. The average Bonchev–Trinajstić information content (AvgIpc) is 3.30. The molecule has 1 atom stereocenters. The number of fused-ring (bicyclic) bond motifs is 1. The van der Waals surface area contributed by atoms with Crippen LogP contribution in [0, 0.1) is 0 Å². The van der Waals surface area contributed by atoms with Crippen molar-refractivity contribution in [2.24, 2.45) is 0 Å². The van der Waals surface area contributed by atoms with E-state index in [4.69, 9.17) is 4.74 Å². The summed E-state index contributed by atoms with van der Waals surface area (Å²) in [6.07, 6.45) is 4.20. The molecular weight excluding hydrogens is 438 g/mol. The number of ether oxygens (including phenoxy) is 1. The van der Waals surface area contributed by atoms with Crippen LogP contribution in [0.4, 0.5) is 5.13 Å². The maximum atomic E-state index is 12.2. The maximum Gasteiger partial charge on any atom is 0.258 e. The third-order valence-corrected chi connectivity index (χ3v) is 6.45. The number of rotatable bonds is 6. The number of nitrogens with zero attached hydrogens (tertiary/aromatic N) is 4. The zero-order chi connectivity index (χ0) is 17.9. The van der Waals surface area contributed by atoms with Crippen molar-refractivity contribution in [1.82, 2.24) is 19.6 Å². The molecule has 4 rings (SSSR count). The Morgan fingerprint density at radius 1 is 1.42 bits per heavy atom. The predicted molar refractivity (Wildman–Crippen MR) is 106 cm³/mol. The molecule has 1 unspecified atom stereocenters. The van der Waals surface area contributed by atoms with Gasteiger partial charge in [0.15, 0.2) is 4.34 Å². The van der Waals surface area contributed by atoms with Crippen LogP contribution in [0.2, 0.25) is 0 Å². The Morgan fingerprint density at radius 2 is 2.35 bits per heavy atom. The molecule has 1 N–H and O–H groups in total. The monoisotopic (exact) mass is 453 g/mol. The van der Waals surface area contributed by atoms with Crippen LogP contribution in [0.25, 0.3) is 5.65 Å². The summed E-state index contributed by atoms with van der Waals surface area (Å²) in [5.74, 6) is 0.572. The number of pyridine rings is 1. The number of halogens is 1. The number of nitrogens with one attached hydrogen (secondary N) is 1. The van der Waals surface area contributed by atoms with Crippen LogP contribution >= 0.6 is 39.0 Å². The Morgan fingerprint density at radius 3 is 3.19 bits per heavy atom. The molecule has 0 aliphatic carbocycles. The van der Waals surface area contributed by atoms with Crippen molar-refractivity contribution >= 4 is 49.8 Å². The van der Waals surface area contributed by atoms with Crippen molar-refractivity contribution in [3.8, 4) is 0 Å². The highest BCUT2D eigenvalue weighted by Gasteiger charge is 2.16.